The maximum absolute atomic E-state index is 12.6. The highest BCUT2D eigenvalue weighted by Crippen LogP contribution is 2.50. The van der Waals surface area contributed by atoms with Gasteiger partial charge in [-0.05, 0) is 37.3 Å². The summed E-state index contributed by atoms with van der Waals surface area (Å²) in [4.78, 5) is 14.4. The summed E-state index contributed by atoms with van der Waals surface area (Å²) in [6.07, 6.45) is 2.26. The molecule has 0 saturated carbocycles. The smallest absolute Gasteiger partial charge is 0.415 e. The van der Waals surface area contributed by atoms with Crippen molar-refractivity contribution < 1.29 is 22.7 Å². The fourth-order valence-electron chi connectivity index (χ4n) is 3.53. The molecule has 1 amide bonds. The molecular weight excluding hydrogens is 426 g/mol. The molecule has 32 heavy (non-hydrogen) atoms. The van der Waals surface area contributed by atoms with Crippen molar-refractivity contribution in [3.63, 3.8) is 0 Å². The van der Waals surface area contributed by atoms with Crippen LogP contribution in [0.1, 0.15) is 18.6 Å². The molecule has 0 bridgehead atoms. The molecule has 1 saturated heterocycles. The molecule has 1 unspecified atom stereocenters. The Bertz CT molecular complexity index is 1260. The molecule has 3 atom stereocenters. The van der Waals surface area contributed by atoms with Crippen molar-refractivity contribution in [3.05, 3.63) is 72.3 Å². The van der Waals surface area contributed by atoms with Gasteiger partial charge in [-0.25, -0.2) is 13.2 Å². The van der Waals surface area contributed by atoms with E-state index in [4.69, 9.17) is 9.47 Å². The second kappa shape index (κ2) is 9.32. The van der Waals surface area contributed by atoms with Gasteiger partial charge < -0.3 is 9.47 Å². The largest absolute Gasteiger partial charge is 0.449 e. The van der Waals surface area contributed by atoms with E-state index in [2.05, 4.69) is 23.7 Å². The Balaban J connectivity index is 1.46. The van der Waals surface area contributed by atoms with Crippen molar-refractivity contribution in [2.75, 3.05) is 17.3 Å². The molecule has 2 aliphatic heterocycles. The summed E-state index contributed by atoms with van der Waals surface area (Å²) in [5, 5.41) is 0. The van der Waals surface area contributed by atoms with Crippen LogP contribution in [0.4, 0.5) is 10.5 Å². The van der Waals surface area contributed by atoms with Crippen LogP contribution in [0, 0.1) is 23.7 Å². The van der Waals surface area contributed by atoms with E-state index in [0.717, 1.165) is 11.3 Å². The lowest BCUT2D eigenvalue weighted by molar-refractivity contribution is 0.157. The van der Waals surface area contributed by atoms with Crippen LogP contribution in [0.25, 0.3) is 0 Å². The number of anilines is 1. The maximum atomic E-state index is 12.6. The molecule has 0 aromatic heterocycles. The molecule has 6 nitrogen and oxygen atoms in total. The molecule has 0 aliphatic carbocycles. The Morgan fingerprint density at radius 1 is 1.09 bits per heavy atom. The number of nitrogens with zero attached hydrogens (tertiary/aromatic N) is 1. The van der Waals surface area contributed by atoms with Gasteiger partial charge in [0.05, 0.1) is 17.2 Å². The first-order valence-corrected chi connectivity index (χ1v) is 11.8. The monoisotopic (exact) mass is 447 g/mol. The molecule has 2 heterocycles. The highest BCUT2D eigenvalue weighted by molar-refractivity contribution is 7.91. The van der Waals surface area contributed by atoms with Crippen LogP contribution in [0.5, 0.6) is 0 Å². The predicted octanol–water partition coefficient (Wildman–Crippen LogP) is 3.51. The lowest BCUT2D eigenvalue weighted by Crippen LogP contribution is -2.46. The fourth-order valence-corrected chi connectivity index (χ4v) is 4.55. The minimum Gasteiger partial charge on any atom is -0.449 e. The summed E-state index contributed by atoms with van der Waals surface area (Å²) in [7, 11) is -3.44. The van der Waals surface area contributed by atoms with Gasteiger partial charge in [0.15, 0.2) is 9.84 Å². The van der Waals surface area contributed by atoms with E-state index in [1.165, 1.54) is 17.1 Å². The van der Waals surface area contributed by atoms with Gasteiger partial charge in [-0.15, -0.1) is 0 Å². The van der Waals surface area contributed by atoms with E-state index in [1.807, 2.05) is 24.3 Å². The average Bonchev–Trinajstić information content (AvgIpc) is 3.60. The van der Waals surface area contributed by atoms with Crippen LogP contribution < -0.4 is 4.90 Å². The van der Waals surface area contributed by atoms with Crippen LogP contribution in [0.3, 0.4) is 0 Å². The van der Waals surface area contributed by atoms with Gasteiger partial charge >= 0.3 is 6.09 Å². The number of amides is 1. The lowest BCUT2D eigenvalue weighted by Gasteiger charge is -2.31. The van der Waals surface area contributed by atoms with E-state index in [1.54, 1.807) is 37.3 Å². The molecule has 7 heteroatoms. The van der Waals surface area contributed by atoms with Crippen LogP contribution in [0.2, 0.25) is 0 Å². The van der Waals surface area contributed by atoms with Crippen LogP contribution in [-0.2, 0) is 19.3 Å². The third-order valence-electron chi connectivity index (χ3n) is 5.03. The van der Waals surface area contributed by atoms with E-state index < -0.39 is 22.0 Å². The third-order valence-corrected chi connectivity index (χ3v) is 6.54. The van der Waals surface area contributed by atoms with Crippen molar-refractivity contribution in [2.24, 2.45) is 0 Å². The number of para-hydroxylation sites is 1. The lowest BCUT2D eigenvalue weighted by atomic mass is 9.96. The zero-order valence-corrected chi connectivity index (χ0v) is 18.2. The third kappa shape index (κ3) is 4.55. The second-order valence-corrected chi connectivity index (χ2v) is 9.10. The quantitative estimate of drug-likeness (QED) is 0.532. The summed E-state index contributed by atoms with van der Waals surface area (Å²) >= 11 is 0. The number of hydrogen-bond donors (Lipinski definition) is 0. The molecule has 0 spiro atoms. The topological polar surface area (TPSA) is 76.2 Å². The molecule has 162 valence electrons. The summed E-state index contributed by atoms with van der Waals surface area (Å²) in [6, 6.07) is 15.3. The van der Waals surface area contributed by atoms with E-state index in [-0.39, 0.29) is 29.5 Å². The Kier molecular flexibility index (Phi) is 6.32. The van der Waals surface area contributed by atoms with Crippen molar-refractivity contribution in [1.29, 1.82) is 0 Å². The van der Waals surface area contributed by atoms with Crippen LogP contribution in [-0.4, -0.2) is 39.0 Å². The number of carbonyl (C=O) groups is 1. The van der Waals surface area contributed by atoms with Gasteiger partial charge in [0.1, 0.15) is 24.0 Å². The molecule has 0 N–H and O–H groups in total. The molecule has 2 aromatic rings. The number of sulfone groups is 1. The molecule has 1 fully saturated rings. The van der Waals surface area contributed by atoms with Crippen molar-refractivity contribution in [2.45, 2.75) is 30.1 Å². The summed E-state index contributed by atoms with van der Waals surface area (Å²) < 4.78 is 35.4. The van der Waals surface area contributed by atoms with E-state index >= 15 is 0 Å². The zero-order valence-electron chi connectivity index (χ0n) is 17.4. The number of epoxide rings is 1. The minimum absolute atomic E-state index is 0.0804. The van der Waals surface area contributed by atoms with Crippen LogP contribution >= 0.6 is 0 Å². The van der Waals surface area contributed by atoms with Gasteiger partial charge in [-0.3, -0.25) is 4.90 Å². The van der Waals surface area contributed by atoms with Crippen molar-refractivity contribution in [1.82, 2.24) is 0 Å². The standard InChI is InChI=1S/C25H21NO5S/c1-2-30-25(27)26-21-16-11-10-15-20(21)23-24(31-23)22(26)17-9-4-3-5-12-18-32(28,29)19-13-7-6-8-14-19/h3-4,6-8,10-11,13-16,22-24H,2,18H2,1H3/b4-3-/t22?,23-,24+/m0/s1. The first-order valence-electron chi connectivity index (χ1n) is 10.2. The number of carbonyl (C=O) groups excluding carboxylic acids is 1. The summed E-state index contributed by atoms with van der Waals surface area (Å²) in [6.45, 7) is 2.01. The average molecular weight is 448 g/mol. The van der Waals surface area contributed by atoms with E-state index in [0.29, 0.717) is 0 Å². The highest BCUT2D eigenvalue weighted by atomic mass is 32.2. The molecule has 2 aromatic carbocycles. The van der Waals surface area contributed by atoms with Gasteiger partial charge in [0.2, 0.25) is 0 Å². The Labute approximate surface area is 187 Å². The molecule has 2 aliphatic rings. The van der Waals surface area contributed by atoms with Gasteiger partial charge in [0, 0.05) is 5.56 Å². The fraction of sp³-hybridized carbons (Fsp3) is 0.240. The number of ether oxygens (including phenoxy) is 2. The normalized spacial score (nSPS) is 20.8. The molecule has 0 radical (unpaired) electrons. The number of fused-ring (bicyclic) bond motifs is 3. The first kappa shape index (κ1) is 21.7. The van der Waals surface area contributed by atoms with Gasteiger partial charge in [0.25, 0.3) is 0 Å². The number of benzene rings is 2. The minimum atomic E-state index is -3.44. The molecule has 4 rings (SSSR count). The van der Waals surface area contributed by atoms with Gasteiger partial charge in [-0.1, -0.05) is 60.1 Å². The Morgan fingerprint density at radius 3 is 2.59 bits per heavy atom. The number of allylic oxidation sites excluding steroid dienone is 2. The van der Waals surface area contributed by atoms with Crippen LogP contribution in [0.15, 0.2) is 71.6 Å². The number of hydrogen-bond acceptors (Lipinski definition) is 5. The Morgan fingerprint density at radius 2 is 1.81 bits per heavy atom. The second-order valence-electron chi connectivity index (χ2n) is 7.11. The summed E-state index contributed by atoms with van der Waals surface area (Å²) in [5.41, 5.74) is 1.68. The van der Waals surface area contributed by atoms with Gasteiger partial charge in [-0.2, -0.15) is 0 Å². The summed E-state index contributed by atoms with van der Waals surface area (Å²) in [5.74, 6) is 11.0. The SMILES string of the molecule is CCOC(=O)N1c2ccccc2[C@@H]2O[C@@H]2C1C#C/C=C\C#CCS(=O)(=O)c1ccccc1. The maximum Gasteiger partial charge on any atom is 0.415 e. The number of rotatable bonds is 3. The molecular formula is C25H21NO5S. The zero-order chi connectivity index (χ0) is 22.6. The predicted molar refractivity (Wildman–Crippen MR) is 121 cm³/mol. The highest BCUT2D eigenvalue weighted by Gasteiger charge is 2.54. The van der Waals surface area contributed by atoms with Crippen molar-refractivity contribution in [3.8, 4) is 23.7 Å². The van der Waals surface area contributed by atoms with Crippen molar-refractivity contribution >= 4 is 21.6 Å². The van der Waals surface area contributed by atoms with E-state index in [9.17, 15) is 13.2 Å². The Hall–Kier alpha value is -3.52. The first-order chi connectivity index (χ1) is 15.5.